The SMILES string of the molecule is Cc1ccc(S(=O)(=O)N2C=CC(C)(C)C(=C=Cc3cccc(Cl)c3)C2)cc1. The van der Waals surface area contributed by atoms with E-state index in [1.807, 2.05) is 57.2 Å². The monoisotopic (exact) mass is 399 g/mol. The molecule has 0 saturated carbocycles. The molecule has 3 rings (SSSR count). The van der Waals surface area contributed by atoms with Gasteiger partial charge < -0.3 is 0 Å². The molecule has 0 aromatic heterocycles. The van der Waals surface area contributed by atoms with Crippen molar-refractivity contribution in [1.29, 1.82) is 0 Å². The van der Waals surface area contributed by atoms with Gasteiger partial charge in [0.1, 0.15) is 0 Å². The zero-order chi connectivity index (χ0) is 19.7. The molecular formula is C22H22ClNO2S. The van der Waals surface area contributed by atoms with Gasteiger partial charge in [0.05, 0.1) is 11.4 Å². The Bertz CT molecular complexity index is 1040. The van der Waals surface area contributed by atoms with Crippen LogP contribution in [0.15, 0.2) is 77.0 Å². The zero-order valence-electron chi connectivity index (χ0n) is 15.6. The van der Waals surface area contributed by atoms with E-state index in [1.54, 1.807) is 30.5 Å². The molecule has 2 aromatic carbocycles. The highest BCUT2D eigenvalue weighted by atomic mass is 35.5. The predicted octanol–water partition coefficient (Wildman–Crippen LogP) is 5.43. The summed E-state index contributed by atoms with van der Waals surface area (Å²) in [5, 5.41) is 0.655. The van der Waals surface area contributed by atoms with E-state index in [0.717, 1.165) is 16.7 Å². The largest absolute Gasteiger partial charge is 0.269 e. The van der Waals surface area contributed by atoms with Crippen LogP contribution >= 0.6 is 11.6 Å². The van der Waals surface area contributed by atoms with Crippen molar-refractivity contribution in [1.82, 2.24) is 4.31 Å². The molecule has 0 saturated heterocycles. The number of hydrogen-bond acceptors (Lipinski definition) is 2. The number of rotatable bonds is 3. The molecular weight excluding hydrogens is 378 g/mol. The maximum absolute atomic E-state index is 13.0. The van der Waals surface area contributed by atoms with E-state index >= 15 is 0 Å². The number of benzene rings is 2. The highest BCUT2D eigenvalue weighted by molar-refractivity contribution is 7.89. The minimum Gasteiger partial charge on any atom is -0.269 e. The third-order valence-corrected chi connectivity index (χ3v) is 6.61. The summed E-state index contributed by atoms with van der Waals surface area (Å²) in [5.74, 6) is 0. The van der Waals surface area contributed by atoms with E-state index in [0.29, 0.717) is 5.02 Å². The van der Waals surface area contributed by atoms with Crippen molar-refractivity contribution in [3.63, 3.8) is 0 Å². The van der Waals surface area contributed by atoms with Crippen LogP contribution in [0.25, 0.3) is 6.08 Å². The Labute approximate surface area is 166 Å². The first-order chi connectivity index (χ1) is 12.7. The lowest BCUT2D eigenvalue weighted by Crippen LogP contribution is -2.35. The highest BCUT2D eigenvalue weighted by Crippen LogP contribution is 2.34. The topological polar surface area (TPSA) is 37.4 Å². The summed E-state index contributed by atoms with van der Waals surface area (Å²) < 4.78 is 27.3. The summed E-state index contributed by atoms with van der Waals surface area (Å²) in [7, 11) is -3.60. The highest BCUT2D eigenvalue weighted by Gasteiger charge is 2.31. The summed E-state index contributed by atoms with van der Waals surface area (Å²) in [6.45, 7) is 6.29. The van der Waals surface area contributed by atoms with E-state index in [2.05, 4.69) is 5.73 Å². The standard InChI is InChI=1S/C22H22ClNO2S/c1-17-7-11-21(12-8-17)27(25,26)24-14-13-22(2,3)19(16-24)10-9-18-5-4-6-20(23)15-18/h4-9,11-15H,16H2,1-3H3. The van der Waals surface area contributed by atoms with Gasteiger partial charge in [-0.1, -0.05) is 61.4 Å². The number of allylic oxidation sites excluding steroid dienone is 1. The minimum absolute atomic E-state index is 0.261. The van der Waals surface area contributed by atoms with Gasteiger partial charge in [0.2, 0.25) is 0 Å². The van der Waals surface area contributed by atoms with Gasteiger partial charge in [-0.2, -0.15) is 0 Å². The summed E-state index contributed by atoms with van der Waals surface area (Å²) in [6.07, 6.45) is 5.40. The van der Waals surface area contributed by atoms with Crippen LogP contribution in [0.3, 0.4) is 0 Å². The molecule has 1 heterocycles. The molecule has 0 spiro atoms. The van der Waals surface area contributed by atoms with E-state index in [-0.39, 0.29) is 16.9 Å². The number of halogens is 1. The Kier molecular flexibility index (Phi) is 5.34. The second kappa shape index (κ2) is 7.40. The van der Waals surface area contributed by atoms with Crippen molar-refractivity contribution >= 4 is 27.7 Å². The summed E-state index contributed by atoms with van der Waals surface area (Å²) in [4.78, 5) is 0.288. The lowest BCUT2D eigenvalue weighted by atomic mass is 9.83. The van der Waals surface area contributed by atoms with Crippen LogP contribution in [0.5, 0.6) is 0 Å². The maximum atomic E-state index is 13.0. The number of hydrogen-bond donors (Lipinski definition) is 0. The van der Waals surface area contributed by atoms with E-state index < -0.39 is 10.0 Å². The first kappa shape index (κ1) is 19.5. The molecule has 0 bridgehead atoms. The predicted molar refractivity (Wildman–Crippen MR) is 111 cm³/mol. The maximum Gasteiger partial charge on any atom is 0.264 e. The minimum atomic E-state index is -3.60. The van der Waals surface area contributed by atoms with Crippen molar-refractivity contribution in [3.8, 4) is 0 Å². The summed E-state index contributed by atoms with van der Waals surface area (Å²) >= 11 is 6.03. The van der Waals surface area contributed by atoms with Gasteiger partial charge >= 0.3 is 0 Å². The molecule has 0 N–H and O–H groups in total. The lowest BCUT2D eigenvalue weighted by molar-refractivity contribution is 0.446. The average molecular weight is 400 g/mol. The van der Waals surface area contributed by atoms with Crippen molar-refractivity contribution in [2.45, 2.75) is 25.7 Å². The fourth-order valence-corrected chi connectivity index (χ4v) is 4.26. The van der Waals surface area contributed by atoms with E-state index in [1.165, 1.54) is 4.31 Å². The van der Waals surface area contributed by atoms with Gasteiger partial charge in [-0.05, 0) is 42.8 Å². The van der Waals surface area contributed by atoms with Gasteiger partial charge in [0, 0.05) is 22.2 Å². The van der Waals surface area contributed by atoms with Gasteiger partial charge in [-0.25, -0.2) is 8.42 Å². The number of sulfonamides is 1. The zero-order valence-corrected chi connectivity index (χ0v) is 17.2. The smallest absolute Gasteiger partial charge is 0.264 e. The van der Waals surface area contributed by atoms with Crippen LogP contribution in [0, 0.1) is 12.3 Å². The fourth-order valence-electron chi connectivity index (χ4n) is 2.79. The number of nitrogens with zero attached hydrogens (tertiary/aromatic N) is 1. The normalized spacial score (nSPS) is 16.1. The van der Waals surface area contributed by atoms with Gasteiger partial charge in [0.25, 0.3) is 10.0 Å². The van der Waals surface area contributed by atoms with Crippen LogP contribution in [-0.2, 0) is 10.0 Å². The Morgan fingerprint density at radius 3 is 2.52 bits per heavy atom. The second-order valence-corrected chi connectivity index (χ2v) is 9.55. The molecule has 27 heavy (non-hydrogen) atoms. The Balaban J connectivity index is 1.97. The Morgan fingerprint density at radius 2 is 1.85 bits per heavy atom. The molecule has 1 aliphatic heterocycles. The van der Waals surface area contributed by atoms with Gasteiger partial charge in [-0.3, -0.25) is 4.31 Å². The quantitative estimate of drug-likeness (QED) is 0.645. The third-order valence-electron chi connectivity index (χ3n) is 4.64. The van der Waals surface area contributed by atoms with Gasteiger partial charge in [-0.15, -0.1) is 5.73 Å². The van der Waals surface area contributed by atoms with Crippen molar-refractivity contribution in [3.05, 3.63) is 88.3 Å². The summed E-state index contributed by atoms with van der Waals surface area (Å²) in [6, 6.07) is 14.4. The van der Waals surface area contributed by atoms with Crippen LogP contribution in [0.4, 0.5) is 0 Å². The number of aryl methyl sites for hydroxylation is 1. The molecule has 3 nitrogen and oxygen atoms in total. The molecule has 2 aromatic rings. The molecule has 140 valence electrons. The van der Waals surface area contributed by atoms with Crippen LogP contribution in [0.2, 0.25) is 5.02 Å². The molecule has 0 unspecified atom stereocenters. The van der Waals surface area contributed by atoms with Crippen molar-refractivity contribution < 1.29 is 8.42 Å². The molecule has 5 heteroatoms. The fraction of sp³-hybridized carbons (Fsp3) is 0.227. The summed E-state index contributed by atoms with van der Waals surface area (Å²) in [5.41, 5.74) is 5.85. The van der Waals surface area contributed by atoms with Crippen LogP contribution < -0.4 is 0 Å². The Morgan fingerprint density at radius 1 is 1.15 bits per heavy atom. The van der Waals surface area contributed by atoms with Gasteiger partial charge in [0.15, 0.2) is 0 Å². The molecule has 0 fully saturated rings. The van der Waals surface area contributed by atoms with Crippen LogP contribution in [0.1, 0.15) is 25.0 Å². The molecule has 0 amide bonds. The first-order valence-corrected chi connectivity index (χ1v) is 10.5. The first-order valence-electron chi connectivity index (χ1n) is 8.68. The average Bonchev–Trinajstić information content (AvgIpc) is 2.61. The Hall–Kier alpha value is -2.26. The molecule has 0 radical (unpaired) electrons. The van der Waals surface area contributed by atoms with Crippen LogP contribution in [-0.4, -0.2) is 19.3 Å². The molecule has 0 atom stereocenters. The van der Waals surface area contributed by atoms with E-state index in [4.69, 9.17) is 11.6 Å². The third kappa shape index (κ3) is 4.36. The van der Waals surface area contributed by atoms with Crippen molar-refractivity contribution in [2.24, 2.45) is 5.41 Å². The lowest BCUT2D eigenvalue weighted by Gasteiger charge is -2.33. The molecule has 1 aliphatic rings. The van der Waals surface area contributed by atoms with Crippen molar-refractivity contribution in [2.75, 3.05) is 6.54 Å². The van der Waals surface area contributed by atoms with E-state index in [9.17, 15) is 8.42 Å². The molecule has 0 aliphatic carbocycles. The second-order valence-electron chi connectivity index (χ2n) is 7.22.